The van der Waals surface area contributed by atoms with Gasteiger partial charge in [0.1, 0.15) is 0 Å². The van der Waals surface area contributed by atoms with Gasteiger partial charge in [-0.2, -0.15) is 0 Å². The third-order valence-corrected chi connectivity index (χ3v) is 4.25. The number of amides is 2. The third-order valence-electron chi connectivity index (χ3n) is 2.28. The van der Waals surface area contributed by atoms with Crippen molar-refractivity contribution in [1.82, 2.24) is 15.5 Å². The molecule has 2 N–H and O–H groups in total. The Kier molecular flexibility index (Phi) is 6.16. The molecule has 0 bridgehead atoms. The van der Waals surface area contributed by atoms with Gasteiger partial charge in [-0.25, -0.2) is 4.79 Å². The van der Waals surface area contributed by atoms with E-state index in [-0.39, 0.29) is 12.4 Å². The number of imide groups is 1. The molecule has 0 unspecified atom stereocenters. The monoisotopic (exact) mass is 338 g/mol. The van der Waals surface area contributed by atoms with E-state index in [0.29, 0.717) is 9.47 Å². The lowest BCUT2D eigenvalue weighted by Crippen LogP contribution is -2.32. The van der Waals surface area contributed by atoms with E-state index in [1.54, 1.807) is 6.92 Å². The van der Waals surface area contributed by atoms with Gasteiger partial charge in [-0.05, 0) is 19.1 Å². The molecule has 1 heterocycles. The molecule has 0 aliphatic heterocycles. The Morgan fingerprint density at radius 3 is 2.77 bits per heavy atom. The summed E-state index contributed by atoms with van der Waals surface area (Å²) in [7, 11) is 0. The highest BCUT2D eigenvalue weighted by atomic mass is 32.2. The van der Waals surface area contributed by atoms with Gasteiger partial charge in [0.15, 0.2) is 4.34 Å². The number of anilines is 2. The highest BCUT2D eigenvalue weighted by Crippen LogP contribution is 2.27. The first-order valence-corrected chi connectivity index (χ1v) is 8.22. The van der Waals surface area contributed by atoms with Gasteiger partial charge in [0.25, 0.3) is 0 Å². The minimum atomic E-state index is -0.739. The summed E-state index contributed by atoms with van der Waals surface area (Å²) < 4.78 is 5.26. The van der Waals surface area contributed by atoms with Gasteiger partial charge in [-0.3, -0.25) is 10.1 Å². The van der Waals surface area contributed by atoms with Crippen LogP contribution >= 0.6 is 23.1 Å². The Balaban J connectivity index is 1.80. The Hall–Kier alpha value is -2.13. The van der Waals surface area contributed by atoms with Crippen LogP contribution < -0.4 is 10.6 Å². The summed E-state index contributed by atoms with van der Waals surface area (Å²) in [5.41, 5.74) is 0.912. The number of carbonyl (C=O) groups is 2. The van der Waals surface area contributed by atoms with E-state index < -0.39 is 12.0 Å². The molecule has 0 spiro atoms. The number of nitrogens with zero attached hydrogens (tertiary/aromatic N) is 2. The van der Waals surface area contributed by atoms with Crippen LogP contribution in [0.25, 0.3) is 0 Å². The summed E-state index contributed by atoms with van der Waals surface area (Å²) >= 11 is 2.54. The highest BCUT2D eigenvalue weighted by molar-refractivity contribution is 8.01. The number of hydrogen-bond donors (Lipinski definition) is 2. The molecule has 0 aliphatic carbocycles. The molecule has 1 aromatic heterocycles. The van der Waals surface area contributed by atoms with Crippen molar-refractivity contribution in [3.63, 3.8) is 0 Å². The summed E-state index contributed by atoms with van der Waals surface area (Å²) in [6.07, 6.45) is -0.739. The van der Waals surface area contributed by atoms with E-state index in [4.69, 9.17) is 0 Å². The predicted octanol–water partition coefficient (Wildman–Crippen LogP) is 2.65. The Labute approximate surface area is 135 Å². The molecule has 0 saturated carbocycles. The summed E-state index contributed by atoms with van der Waals surface area (Å²) in [5.74, 6) is -0.366. The van der Waals surface area contributed by atoms with Gasteiger partial charge >= 0.3 is 6.09 Å². The number of alkyl carbamates (subject to hydrolysis) is 1. The van der Waals surface area contributed by atoms with E-state index in [0.717, 1.165) is 5.69 Å². The fraction of sp³-hybridized carbons (Fsp3) is 0.231. The van der Waals surface area contributed by atoms with Crippen molar-refractivity contribution in [2.45, 2.75) is 11.3 Å². The molecule has 0 fully saturated rings. The van der Waals surface area contributed by atoms with Gasteiger partial charge in [-0.1, -0.05) is 41.3 Å². The Morgan fingerprint density at radius 2 is 2.05 bits per heavy atom. The van der Waals surface area contributed by atoms with Crippen LogP contribution in [0.15, 0.2) is 34.7 Å². The van der Waals surface area contributed by atoms with Crippen LogP contribution in [0, 0.1) is 0 Å². The van der Waals surface area contributed by atoms with Crippen molar-refractivity contribution in [1.29, 1.82) is 0 Å². The van der Waals surface area contributed by atoms with Gasteiger partial charge in [0.2, 0.25) is 11.0 Å². The van der Waals surface area contributed by atoms with Crippen molar-refractivity contribution >= 4 is 45.9 Å². The zero-order chi connectivity index (χ0) is 15.8. The molecule has 0 atom stereocenters. The molecule has 0 aliphatic rings. The largest absolute Gasteiger partial charge is 0.450 e. The first-order valence-electron chi connectivity index (χ1n) is 6.42. The van der Waals surface area contributed by atoms with E-state index in [2.05, 4.69) is 25.6 Å². The maximum Gasteiger partial charge on any atom is 0.413 e. The van der Waals surface area contributed by atoms with E-state index >= 15 is 0 Å². The fourth-order valence-corrected chi connectivity index (χ4v) is 2.98. The van der Waals surface area contributed by atoms with E-state index in [1.165, 1.54) is 23.1 Å². The van der Waals surface area contributed by atoms with Crippen LogP contribution in [0.5, 0.6) is 0 Å². The second-order valence-electron chi connectivity index (χ2n) is 3.92. The zero-order valence-electron chi connectivity index (χ0n) is 11.7. The number of rotatable bonds is 6. The van der Waals surface area contributed by atoms with Gasteiger partial charge in [0.05, 0.1) is 12.4 Å². The van der Waals surface area contributed by atoms with Crippen molar-refractivity contribution < 1.29 is 14.3 Å². The number of para-hydroxylation sites is 1. The van der Waals surface area contributed by atoms with Gasteiger partial charge < -0.3 is 10.1 Å². The van der Waals surface area contributed by atoms with E-state index in [9.17, 15) is 9.59 Å². The first-order chi connectivity index (χ1) is 10.7. The highest BCUT2D eigenvalue weighted by Gasteiger charge is 2.11. The van der Waals surface area contributed by atoms with Crippen molar-refractivity contribution in [2.75, 3.05) is 17.7 Å². The lowest BCUT2D eigenvalue weighted by Gasteiger charge is -2.02. The maximum absolute atomic E-state index is 11.5. The van der Waals surface area contributed by atoms with Gasteiger partial charge in [0, 0.05) is 5.69 Å². The molecule has 1 aromatic carbocycles. The summed E-state index contributed by atoms with van der Waals surface area (Å²) in [6.45, 7) is 1.89. The standard InChI is InChI=1S/C13H14N4O3S2/c1-2-20-12(19)15-10(18)8-21-13-17-16-11(22-13)14-9-6-4-3-5-7-9/h3-7H,2,8H2,1H3,(H,14,16)(H,15,18,19). The van der Waals surface area contributed by atoms with E-state index in [1.807, 2.05) is 30.3 Å². The summed E-state index contributed by atoms with van der Waals surface area (Å²) in [5, 5.41) is 13.8. The molecule has 2 amide bonds. The molecule has 9 heteroatoms. The quantitative estimate of drug-likeness (QED) is 0.782. The van der Waals surface area contributed by atoms with Crippen LogP contribution in [-0.2, 0) is 9.53 Å². The number of benzene rings is 1. The molecule has 7 nitrogen and oxygen atoms in total. The number of nitrogens with one attached hydrogen (secondary N) is 2. The number of hydrogen-bond acceptors (Lipinski definition) is 8. The Bertz CT molecular complexity index is 633. The minimum absolute atomic E-state index is 0.0682. The molecule has 22 heavy (non-hydrogen) atoms. The fourth-order valence-electron chi connectivity index (χ4n) is 1.41. The van der Waals surface area contributed by atoms with Crippen molar-refractivity contribution in [3.8, 4) is 0 Å². The molecule has 0 saturated heterocycles. The lowest BCUT2D eigenvalue weighted by atomic mass is 10.3. The molecular weight excluding hydrogens is 324 g/mol. The number of carbonyl (C=O) groups excluding carboxylic acids is 2. The van der Waals surface area contributed by atoms with Crippen LogP contribution in [0.3, 0.4) is 0 Å². The molecule has 0 radical (unpaired) electrons. The second-order valence-corrected chi connectivity index (χ2v) is 6.12. The summed E-state index contributed by atoms with van der Waals surface area (Å²) in [4.78, 5) is 22.6. The third kappa shape index (κ3) is 5.34. The van der Waals surface area contributed by atoms with Gasteiger partial charge in [-0.15, -0.1) is 10.2 Å². The minimum Gasteiger partial charge on any atom is -0.450 e. The summed E-state index contributed by atoms with van der Waals surface area (Å²) in [6, 6.07) is 9.59. The SMILES string of the molecule is CCOC(=O)NC(=O)CSc1nnc(Nc2ccccc2)s1. The van der Waals surface area contributed by atoms with Crippen LogP contribution in [0.4, 0.5) is 15.6 Å². The average molecular weight is 338 g/mol. The predicted molar refractivity (Wildman–Crippen MR) is 85.5 cm³/mol. The lowest BCUT2D eigenvalue weighted by molar-refractivity contribution is -0.117. The number of aromatic nitrogens is 2. The molecule has 2 rings (SSSR count). The Morgan fingerprint density at radius 1 is 1.27 bits per heavy atom. The maximum atomic E-state index is 11.5. The average Bonchev–Trinajstić information content (AvgIpc) is 2.94. The normalized spacial score (nSPS) is 10.0. The number of thioether (sulfide) groups is 1. The van der Waals surface area contributed by atoms with Crippen LogP contribution in [0.1, 0.15) is 6.92 Å². The smallest absolute Gasteiger partial charge is 0.413 e. The molecule has 116 valence electrons. The second kappa shape index (κ2) is 8.35. The first kappa shape index (κ1) is 16.2. The number of ether oxygens (including phenoxy) is 1. The molecule has 2 aromatic rings. The molecular formula is C13H14N4O3S2. The zero-order valence-corrected chi connectivity index (χ0v) is 13.4. The van der Waals surface area contributed by atoms with Crippen molar-refractivity contribution in [3.05, 3.63) is 30.3 Å². The van der Waals surface area contributed by atoms with Crippen LogP contribution in [-0.4, -0.2) is 34.6 Å². The van der Waals surface area contributed by atoms with Crippen LogP contribution in [0.2, 0.25) is 0 Å². The topological polar surface area (TPSA) is 93.2 Å². The van der Waals surface area contributed by atoms with Crippen molar-refractivity contribution in [2.24, 2.45) is 0 Å².